The zero-order valence-corrected chi connectivity index (χ0v) is 28.1. The minimum absolute atomic E-state index is 0.246. The highest BCUT2D eigenvalue weighted by Crippen LogP contribution is 2.61. The van der Waals surface area contributed by atoms with E-state index in [4.69, 9.17) is 14.2 Å². The van der Waals surface area contributed by atoms with Crippen LogP contribution in [0, 0.1) is 17.3 Å². The number of methoxy groups -OCH3 is 1. The Morgan fingerprint density at radius 1 is 0.682 bits per heavy atom. The molecule has 12 heteroatoms. The van der Waals surface area contributed by atoms with Crippen molar-refractivity contribution < 1.29 is 48.4 Å². The van der Waals surface area contributed by atoms with Crippen molar-refractivity contribution in [3.05, 3.63) is 0 Å². The standard InChI is InChI=1S/C32H56N2O10/c1-10-12-14-16-18-20(26(37)43-30(3,4)5)33-24(35)22-23(32(22,28(39)40)29(41)42-9)25(36)34-21(19-17-15-13-11-2)27(38)44-31(6,7)8/h20-23,28,39-40H,10-19H2,1-9H3,(H,33,35)(H,34,36)/t20-,21-,22+,23+/m0/s1. The molecule has 1 fully saturated rings. The number of ether oxygens (including phenoxy) is 3. The molecule has 2 amide bonds. The molecule has 0 bridgehead atoms. The Kier molecular flexibility index (Phi) is 15.3. The molecule has 1 rings (SSSR count). The molecule has 0 saturated heterocycles. The molecule has 1 saturated carbocycles. The third-order valence-corrected chi connectivity index (χ3v) is 7.49. The number of nitrogens with one attached hydrogen (secondary N) is 2. The Morgan fingerprint density at radius 3 is 1.32 bits per heavy atom. The first-order valence-corrected chi connectivity index (χ1v) is 15.9. The molecule has 0 aromatic rings. The van der Waals surface area contributed by atoms with E-state index in [1.54, 1.807) is 41.5 Å². The maximum Gasteiger partial charge on any atom is 0.329 e. The maximum atomic E-state index is 13.7. The van der Waals surface area contributed by atoms with Crippen LogP contribution in [-0.4, -0.2) is 76.6 Å². The van der Waals surface area contributed by atoms with Crippen LogP contribution in [0.2, 0.25) is 0 Å². The predicted octanol–water partition coefficient (Wildman–Crippen LogP) is 3.30. The highest BCUT2D eigenvalue weighted by molar-refractivity contribution is 6.05. The van der Waals surface area contributed by atoms with Gasteiger partial charge in [0, 0.05) is 0 Å². The summed E-state index contributed by atoms with van der Waals surface area (Å²) in [6.45, 7) is 14.2. The van der Waals surface area contributed by atoms with Gasteiger partial charge in [-0.3, -0.25) is 14.4 Å². The number of aliphatic hydroxyl groups excluding tert-OH is 1. The van der Waals surface area contributed by atoms with E-state index in [9.17, 15) is 34.2 Å². The summed E-state index contributed by atoms with van der Waals surface area (Å²) >= 11 is 0. The van der Waals surface area contributed by atoms with Crippen LogP contribution in [0.3, 0.4) is 0 Å². The summed E-state index contributed by atoms with van der Waals surface area (Å²) in [7, 11) is 1.00. The lowest BCUT2D eigenvalue weighted by Gasteiger charge is -2.25. The Hall–Kier alpha value is -2.73. The lowest BCUT2D eigenvalue weighted by molar-refractivity contribution is -0.173. The van der Waals surface area contributed by atoms with Gasteiger partial charge in [-0.05, 0) is 54.4 Å². The predicted molar refractivity (Wildman–Crippen MR) is 163 cm³/mol. The number of esters is 3. The first-order chi connectivity index (χ1) is 20.4. The van der Waals surface area contributed by atoms with Gasteiger partial charge in [-0.1, -0.05) is 65.2 Å². The van der Waals surface area contributed by atoms with Crippen molar-refractivity contribution in [2.45, 2.75) is 149 Å². The number of carbonyl (C=O) groups excluding carboxylic acids is 5. The number of carbonyl (C=O) groups is 5. The van der Waals surface area contributed by atoms with Gasteiger partial charge in [0.2, 0.25) is 11.8 Å². The summed E-state index contributed by atoms with van der Waals surface area (Å²) in [4.78, 5) is 66.4. The molecular formula is C32H56N2O10. The second-order valence-corrected chi connectivity index (χ2v) is 13.6. The average Bonchev–Trinajstić information content (AvgIpc) is 3.61. The maximum absolute atomic E-state index is 13.7. The highest BCUT2D eigenvalue weighted by atomic mass is 16.6. The van der Waals surface area contributed by atoms with Crippen LogP contribution in [0.5, 0.6) is 0 Å². The van der Waals surface area contributed by atoms with Gasteiger partial charge < -0.3 is 35.1 Å². The largest absolute Gasteiger partial charge is 0.468 e. The van der Waals surface area contributed by atoms with Gasteiger partial charge in [-0.15, -0.1) is 0 Å². The number of rotatable bonds is 18. The van der Waals surface area contributed by atoms with E-state index >= 15 is 0 Å². The van der Waals surface area contributed by atoms with Crippen molar-refractivity contribution in [3.63, 3.8) is 0 Å². The fraction of sp³-hybridized carbons (Fsp3) is 0.844. The van der Waals surface area contributed by atoms with Gasteiger partial charge in [-0.25, -0.2) is 9.59 Å². The first-order valence-electron chi connectivity index (χ1n) is 15.9. The number of hydrogen-bond acceptors (Lipinski definition) is 10. The van der Waals surface area contributed by atoms with Gasteiger partial charge in [0.1, 0.15) is 28.7 Å². The molecule has 0 radical (unpaired) electrons. The number of unbranched alkanes of at least 4 members (excludes halogenated alkanes) is 6. The molecule has 0 aliphatic heterocycles. The summed E-state index contributed by atoms with van der Waals surface area (Å²) in [5.74, 6) is -7.55. The fourth-order valence-electron chi connectivity index (χ4n) is 5.32. The lowest BCUT2D eigenvalue weighted by atomic mass is 10.00. The molecular weight excluding hydrogens is 572 g/mol. The smallest absolute Gasteiger partial charge is 0.329 e. The van der Waals surface area contributed by atoms with Crippen molar-refractivity contribution in [3.8, 4) is 0 Å². The molecule has 1 aliphatic carbocycles. The molecule has 0 aromatic carbocycles. The molecule has 254 valence electrons. The van der Waals surface area contributed by atoms with Crippen LogP contribution in [0.4, 0.5) is 0 Å². The Bertz CT molecular complexity index is 918. The van der Waals surface area contributed by atoms with Gasteiger partial charge in [0.05, 0.1) is 18.9 Å². The summed E-state index contributed by atoms with van der Waals surface area (Å²) in [6.07, 6.45) is 4.65. The van der Waals surface area contributed by atoms with Crippen LogP contribution in [0.15, 0.2) is 0 Å². The molecule has 0 heterocycles. The summed E-state index contributed by atoms with van der Waals surface area (Å²) in [5, 5.41) is 26.0. The number of aliphatic hydroxyl groups is 2. The SMILES string of the molecule is CCCCCC[C@H](NC(=O)[C@H]1[C@H](C(=O)N[C@@H](CCCCCC)C(=O)OC(C)(C)C)C1(C(=O)OC)C(O)O)C(=O)OC(C)(C)C. The van der Waals surface area contributed by atoms with E-state index in [0.29, 0.717) is 12.8 Å². The summed E-state index contributed by atoms with van der Waals surface area (Å²) < 4.78 is 15.8. The molecule has 4 N–H and O–H groups in total. The zero-order valence-electron chi connectivity index (χ0n) is 28.1. The second-order valence-electron chi connectivity index (χ2n) is 13.6. The quantitative estimate of drug-likeness (QED) is 0.0762. The van der Waals surface area contributed by atoms with Crippen molar-refractivity contribution >= 4 is 29.7 Å². The van der Waals surface area contributed by atoms with Crippen LogP contribution in [-0.2, 0) is 38.2 Å². The molecule has 4 atom stereocenters. The number of hydrogen-bond donors (Lipinski definition) is 4. The van der Waals surface area contributed by atoms with E-state index in [2.05, 4.69) is 10.6 Å². The van der Waals surface area contributed by atoms with Crippen molar-refractivity contribution in [2.24, 2.45) is 17.3 Å². The summed E-state index contributed by atoms with van der Waals surface area (Å²) in [6, 6.07) is -2.19. The zero-order chi connectivity index (χ0) is 33.9. The van der Waals surface area contributed by atoms with Gasteiger partial charge >= 0.3 is 17.9 Å². The average molecular weight is 629 g/mol. The van der Waals surface area contributed by atoms with E-state index in [1.165, 1.54) is 0 Å². The molecule has 12 nitrogen and oxygen atoms in total. The molecule has 1 aliphatic rings. The van der Waals surface area contributed by atoms with Crippen molar-refractivity contribution in [1.29, 1.82) is 0 Å². The fourth-order valence-corrected chi connectivity index (χ4v) is 5.32. The van der Waals surface area contributed by atoms with Crippen molar-refractivity contribution in [1.82, 2.24) is 10.6 Å². The van der Waals surface area contributed by atoms with E-state index < -0.39 is 76.5 Å². The minimum atomic E-state index is -2.45. The topological polar surface area (TPSA) is 178 Å². The van der Waals surface area contributed by atoms with E-state index in [-0.39, 0.29) is 12.8 Å². The van der Waals surface area contributed by atoms with Crippen LogP contribution >= 0.6 is 0 Å². The molecule has 0 aromatic heterocycles. The third kappa shape index (κ3) is 11.3. The van der Waals surface area contributed by atoms with Crippen LogP contribution in [0.25, 0.3) is 0 Å². The Morgan fingerprint density at radius 2 is 1.05 bits per heavy atom. The summed E-state index contributed by atoms with van der Waals surface area (Å²) in [5.41, 5.74) is -4.02. The Labute approximate surface area is 262 Å². The van der Waals surface area contributed by atoms with E-state index in [1.807, 2.05) is 13.8 Å². The second kappa shape index (κ2) is 17.1. The highest BCUT2D eigenvalue weighted by Gasteiger charge is 2.80. The van der Waals surface area contributed by atoms with Gasteiger partial charge in [0.15, 0.2) is 6.29 Å². The lowest BCUT2D eigenvalue weighted by Crippen LogP contribution is -2.46. The minimum Gasteiger partial charge on any atom is -0.468 e. The first kappa shape index (κ1) is 39.3. The number of amides is 2. The molecule has 0 unspecified atom stereocenters. The van der Waals surface area contributed by atoms with Gasteiger partial charge in [0.25, 0.3) is 0 Å². The van der Waals surface area contributed by atoms with Crippen molar-refractivity contribution in [2.75, 3.05) is 7.11 Å². The third-order valence-electron chi connectivity index (χ3n) is 7.49. The van der Waals surface area contributed by atoms with Crippen LogP contribution < -0.4 is 10.6 Å². The molecule has 0 spiro atoms. The normalized spacial score (nSPS) is 21.2. The Balaban J connectivity index is 3.35. The monoisotopic (exact) mass is 628 g/mol. The van der Waals surface area contributed by atoms with Crippen LogP contribution in [0.1, 0.15) is 120 Å². The van der Waals surface area contributed by atoms with Gasteiger partial charge in [-0.2, -0.15) is 0 Å². The van der Waals surface area contributed by atoms with E-state index in [0.717, 1.165) is 45.6 Å². The molecule has 44 heavy (non-hydrogen) atoms.